The van der Waals surface area contributed by atoms with Crippen LogP contribution in [0.3, 0.4) is 0 Å². The molecule has 1 saturated heterocycles. The number of rotatable bonds is 4. The van der Waals surface area contributed by atoms with E-state index in [4.69, 9.17) is 4.74 Å². The summed E-state index contributed by atoms with van der Waals surface area (Å²) in [6, 6.07) is 4.67. The Hall–Kier alpha value is -2.44. The highest BCUT2D eigenvalue weighted by Gasteiger charge is 2.46. The highest BCUT2D eigenvalue weighted by Crippen LogP contribution is 2.35. The summed E-state index contributed by atoms with van der Waals surface area (Å²) in [4.78, 5) is 36.9. The van der Waals surface area contributed by atoms with Crippen molar-refractivity contribution in [2.24, 2.45) is 5.41 Å². The lowest BCUT2D eigenvalue weighted by Crippen LogP contribution is -2.37. The fourth-order valence-electron chi connectivity index (χ4n) is 3.16. The van der Waals surface area contributed by atoms with Gasteiger partial charge in [0.15, 0.2) is 0 Å². The molecular formula is C16H16FNO5. The van der Waals surface area contributed by atoms with Gasteiger partial charge in [-0.05, 0) is 31.0 Å². The van der Waals surface area contributed by atoms with Gasteiger partial charge in [0.25, 0.3) is 5.91 Å². The summed E-state index contributed by atoms with van der Waals surface area (Å²) in [6.45, 7) is -0.321. The first-order chi connectivity index (χ1) is 11.0. The molecule has 122 valence electrons. The van der Waals surface area contributed by atoms with E-state index in [1.54, 1.807) is 12.1 Å². The number of hydrogen-bond acceptors (Lipinski definition) is 4. The SMILES string of the molecule is O=C1OCc2cc(C(=O)N3CCC(CCF)(C(=O)O)C3)ccc21. The number of carbonyl (C=O) groups is 3. The second-order valence-corrected chi connectivity index (χ2v) is 5.95. The molecule has 2 heterocycles. The summed E-state index contributed by atoms with van der Waals surface area (Å²) in [5.74, 6) is -1.79. The maximum Gasteiger partial charge on any atom is 0.338 e. The Balaban J connectivity index is 1.80. The van der Waals surface area contributed by atoms with E-state index in [1.165, 1.54) is 11.0 Å². The van der Waals surface area contributed by atoms with Gasteiger partial charge in [-0.1, -0.05) is 0 Å². The maximum atomic E-state index is 12.7. The van der Waals surface area contributed by atoms with Crippen LogP contribution in [0.5, 0.6) is 0 Å². The van der Waals surface area contributed by atoms with Gasteiger partial charge in [-0.15, -0.1) is 0 Å². The minimum absolute atomic E-state index is 0.00238. The Bertz CT molecular complexity index is 689. The first-order valence-corrected chi connectivity index (χ1v) is 7.35. The molecule has 0 radical (unpaired) electrons. The van der Waals surface area contributed by atoms with Crippen LogP contribution in [0.2, 0.25) is 0 Å². The van der Waals surface area contributed by atoms with Crippen molar-refractivity contribution >= 4 is 17.8 Å². The molecule has 1 N–H and O–H groups in total. The van der Waals surface area contributed by atoms with Crippen LogP contribution >= 0.6 is 0 Å². The number of amides is 1. The Morgan fingerprint density at radius 2 is 2.17 bits per heavy atom. The molecule has 1 aromatic carbocycles. The van der Waals surface area contributed by atoms with Crippen LogP contribution in [0.1, 0.15) is 39.1 Å². The molecule has 0 bridgehead atoms. The van der Waals surface area contributed by atoms with Gasteiger partial charge in [0.05, 0.1) is 17.7 Å². The highest BCUT2D eigenvalue weighted by molar-refractivity contribution is 5.98. The molecule has 1 unspecified atom stereocenters. The van der Waals surface area contributed by atoms with Crippen molar-refractivity contribution in [1.29, 1.82) is 0 Å². The molecule has 1 amide bonds. The van der Waals surface area contributed by atoms with Gasteiger partial charge in [0.2, 0.25) is 0 Å². The van der Waals surface area contributed by atoms with Crippen LogP contribution in [0, 0.1) is 5.41 Å². The second kappa shape index (κ2) is 5.64. The zero-order chi connectivity index (χ0) is 16.6. The maximum absolute atomic E-state index is 12.7. The summed E-state index contributed by atoms with van der Waals surface area (Å²) >= 11 is 0. The van der Waals surface area contributed by atoms with E-state index in [9.17, 15) is 23.9 Å². The van der Waals surface area contributed by atoms with Gasteiger partial charge in [-0.25, -0.2) is 4.79 Å². The van der Waals surface area contributed by atoms with Crippen LogP contribution in [-0.4, -0.2) is 47.6 Å². The Morgan fingerprint density at radius 1 is 1.39 bits per heavy atom. The van der Waals surface area contributed by atoms with Crippen molar-refractivity contribution in [2.75, 3.05) is 19.8 Å². The molecule has 1 atom stereocenters. The molecule has 6 nitrogen and oxygen atoms in total. The molecule has 1 fully saturated rings. The predicted molar refractivity (Wildman–Crippen MR) is 76.7 cm³/mol. The Labute approximate surface area is 131 Å². The third-order valence-corrected chi connectivity index (χ3v) is 4.60. The average molecular weight is 321 g/mol. The summed E-state index contributed by atoms with van der Waals surface area (Å²) < 4.78 is 17.6. The minimum atomic E-state index is -1.21. The number of esters is 1. The number of aliphatic carboxylic acids is 1. The summed E-state index contributed by atoms with van der Waals surface area (Å²) in [5.41, 5.74) is 0.261. The van der Waals surface area contributed by atoms with Gasteiger partial charge in [0, 0.05) is 24.2 Å². The smallest absolute Gasteiger partial charge is 0.338 e. The largest absolute Gasteiger partial charge is 0.481 e. The van der Waals surface area contributed by atoms with Crippen molar-refractivity contribution in [1.82, 2.24) is 4.90 Å². The van der Waals surface area contributed by atoms with Crippen LogP contribution in [0.15, 0.2) is 18.2 Å². The monoisotopic (exact) mass is 321 g/mol. The second-order valence-electron chi connectivity index (χ2n) is 5.95. The van der Waals surface area contributed by atoms with Crippen molar-refractivity contribution < 1.29 is 28.6 Å². The van der Waals surface area contributed by atoms with E-state index in [2.05, 4.69) is 0 Å². The van der Waals surface area contributed by atoms with E-state index < -0.39 is 24.0 Å². The number of halogens is 1. The van der Waals surface area contributed by atoms with Gasteiger partial charge >= 0.3 is 11.9 Å². The van der Waals surface area contributed by atoms with Crippen molar-refractivity contribution in [3.8, 4) is 0 Å². The third kappa shape index (κ3) is 2.56. The Kier molecular flexibility index (Phi) is 3.79. The molecule has 7 heteroatoms. The van der Waals surface area contributed by atoms with Crippen molar-refractivity contribution in [2.45, 2.75) is 19.4 Å². The van der Waals surface area contributed by atoms with Gasteiger partial charge in [0.1, 0.15) is 6.61 Å². The number of alkyl halides is 1. The summed E-state index contributed by atoms with van der Waals surface area (Å²) in [5, 5.41) is 9.36. The summed E-state index contributed by atoms with van der Waals surface area (Å²) in [6.07, 6.45) is 0.142. The molecule has 0 saturated carbocycles. The normalized spacial score (nSPS) is 22.8. The number of hydrogen-bond donors (Lipinski definition) is 1. The van der Waals surface area contributed by atoms with Crippen LogP contribution in [0.4, 0.5) is 4.39 Å². The lowest BCUT2D eigenvalue weighted by molar-refractivity contribution is -0.148. The molecule has 2 aliphatic rings. The first-order valence-electron chi connectivity index (χ1n) is 7.35. The van der Waals surface area contributed by atoms with E-state index >= 15 is 0 Å². The average Bonchev–Trinajstić information content (AvgIpc) is 3.12. The van der Waals surface area contributed by atoms with Crippen LogP contribution in [-0.2, 0) is 16.1 Å². The van der Waals surface area contributed by atoms with E-state index in [1.807, 2.05) is 0 Å². The fourth-order valence-corrected chi connectivity index (χ4v) is 3.16. The van der Waals surface area contributed by atoms with Gasteiger partial charge < -0.3 is 14.7 Å². The third-order valence-electron chi connectivity index (χ3n) is 4.60. The number of carboxylic acids is 1. The highest BCUT2D eigenvalue weighted by atomic mass is 19.1. The lowest BCUT2D eigenvalue weighted by Gasteiger charge is -2.23. The number of carboxylic acid groups (broad SMARTS) is 1. The zero-order valence-corrected chi connectivity index (χ0v) is 12.4. The molecule has 0 aromatic heterocycles. The van der Waals surface area contributed by atoms with Gasteiger partial charge in [-0.3, -0.25) is 14.0 Å². The minimum Gasteiger partial charge on any atom is -0.481 e. The number of benzene rings is 1. The molecule has 0 spiro atoms. The van der Waals surface area contributed by atoms with Crippen LogP contribution in [0.25, 0.3) is 0 Å². The quantitative estimate of drug-likeness (QED) is 0.852. The molecule has 1 aromatic rings. The van der Waals surface area contributed by atoms with Crippen molar-refractivity contribution in [3.63, 3.8) is 0 Å². The molecule has 0 aliphatic carbocycles. The molecular weight excluding hydrogens is 305 g/mol. The van der Waals surface area contributed by atoms with Gasteiger partial charge in [-0.2, -0.15) is 0 Å². The number of likely N-dealkylation sites (tertiary alicyclic amines) is 1. The van der Waals surface area contributed by atoms with E-state index in [-0.39, 0.29) is 38.4 Å². The molecule has 3 rings (SSSR count). The summed E-state index contributed by atoms with van der Waals surface area (Å²) in [7, 11) is 0. The number of carbonyl (C=O) groups excluding carboxylic acids is 2. The fraction of sp³-hybridized carbons (Fsp3) is 0.438. The van der Waals surface area contributed by atoms with Crippen LogP contribution < -0.4 is 0 Å². The number of ether oxygens (including phenoxy) is 1. The van der Waals surface area contributed by atoms with E-state index in [0.717, 1.165) is 0 Å². The van der Waals surface area contributed by atoms with Crippen molar-refractivity contribution in [3.05, 3.63) is 34.9 Å². The first kappa shape index (κ1) is 15.5. The molecule has 23 heavy (non-hydrogen) atoms. The Morgan fingerprint density at radius 3 is 2.87 bits per heavy atom. The topological polar surface area (TPSA) is 83.9 Å². The molecule has 2 aliphatic heterocycles. The zero-order valence-electron chi connectivity index (χ0n) is 12.4. The predicted octanol–water partition coefficient (Wildman–Crippen LogP) is 1.63. The van der Waals surface area contributed by atoms with E-state index in [0.29, 0.717) is 16.7 Å². The number of fused-ring (bicyclic) bond motifs is 1. The standard InChI is InChI=1S/C16H16FNO5/c17-5-3-16(15(21)22)4-6-18(9-16)13(19)10-1-2-12-11(7-10)8-23-14(12)20/h1-2,7H,3-6,8-9H2,(H,21,22). The number of nitrogens with zero attached hydrogens (tertiary/aromatic N) is 1. The number of cyclic esters (lactones) is 1. The lowest BCUT2D eigenvalue weighted by atomic mass is 9.84.